The molecule has 0 spiro atoms. The lowest BCUT2D eigenvalue weighted by Crippen LogP contribution is -2.30. The summed E-state index contributed by atoms with van der Waals surface area (Å²) < 4.78 is 0. The zero-order chi connectivity index (χ0) is 13.2. The summed E-state index contributed by atoms with van der Waals surface area (Å²) in [4.78, 5) is 8.71. The second kappa shape index (κ2) is 5.35. The van der Waals surface area contributed by atoms with E-state index >= 15 is 0 Å². The highest BCUT2D eigenvalue weighted by Crippen LogP contribution is 2.49. The third-order valence-electron chi connectivity index (χ3n) is 4.80. The van der Waals surface area contributed by atoms with Gasteiger partial charge in [0.25, 0.3) is 0 Å². The van der Waals surface area contributed by atoms with Crippen LogP contribution in [-0.2, 0) is 0 Å². The number of hydrogen-bond acceptors (Lipinski definition) is 4. The van der Waals surface area contributed by atoms with E-state index in [9.17, 15) is 0 Å². The van der Waals surface area contributed by atoms with Crippen LogP contribution in [0, 0.1) is 17.8 Å². The summed E-state index contributed by atoms with van der Waals surface area (Å²) in [6.07, 6.45) is 7.59. The first-order valence-electron chi connectivity index (χ1n) is 7.59. The minimum Gasteiger partial charge on any atom is -0.367 e. The molecule has 3 rings (SSSR count). The molecular formula is C15H24N4. The normalized spacial score (nSPS) is 30.3. The van der Waals surface area contributed by atoms with E-state index in [1.165, 1.54) is 25.7 Å². The Bertz CT molecular complexity index is 434. The highest BCUT2D eigenvalue weighted by Gasteiger charge is 2.41. The van der Waals surface area contributed by atoms with Gasteiger partial charge in [0, 0.05) is 18.8 Å². The second-order valence-electron chi connectivity index (χ2n) is 6.07. The number of nitrogens with zero attached hydrogens (tertiary/aromatic N) is 2. The van der Waals surface area contributed by atoms with Gasteiger partial charge in [-0.15, -0.1) is 0 Å². The standard InChI is InChI=1S/C15H24N4/c1-3-16-15-17-7-6-14(19-15)18-10(2)13-9-11-4-5-12(13)8-11/h6-7,10-13H,3-5,8-9H2,1-2H3,(H2,16,17,18,19). The molecule has 2 aliphatic rings. The Hall–Kier alpha value is -1.32. The van der Waals surface area contributed by atoms with Crippen molar-refractivity contribution in [3.8, 4) is 0 Å². The average molecular weight is 260 g/mol. The molecular weight excluding hydrogens is 236 g/mol. The fourth-order valence-electron chi connectivity index (χ4n) is 3.93. The Balaban J connectivity index is 1.62. The lowest BCUT2D eigenvalue weighted by molar-refractivity contribution is 0.304. The van der Waals surface area contributed by atoms with Crippen molar-refractivity contribution in [2.45, 2.75) is 45.6 Å². The maximum absolute atomic E-state index is 4.50. The Morgan fingerprint density at radius 3 is 2.95 bits per heavy atom. The van der Waals surface area contributed by atoms with Gasteiger partial charge >= 0.3 is 0 Å². The lowest BCUT2D eigenvalue weighted by Gasteiger charge is -2.28. The van der Waals surface area contributed by atoms with Gasteiger partial charge in [-0.2, -0.15) is 4.98 Å². The van der Waals surface area contributed by atoms with E-state index in [4.69, 9.17) is 0 Å². The summed E-state index contributed by atoms with van der Waals surface area (Å²) in [5, 5.41) is 6.73. The van der Waals surface area contributed by atoms with Crippen molar-refractivity contribution in [3.05, 3.63) is 12.3 Å². The predicted octanol–water partition coefficient (Wildman–Crippen LogP) is 3.15. The van der Waals surface area contributed by atoms with E-state index in [-0.39, 0.29) is 0 Å². The summed E-state index contributed by atoms with van der Waals surface area (Å²) in [5.74, 6) is 4.44. The van der Waals surface area contributed by atoms with Gasteiger partial charge in [0.15, 0.2) is 0 Å². The number of aromatic nitrogens is 2. The van der Waals surface area contributed by atoms with Crippen molar-refractivity contribution in [2.24, 2.45) is 17.8 Å². The first-order chi connectivity index (χ1) is 9.26. The molecule has 2 fully saturated rings. The molecule has 2 aliphatic carbocycles. The topological polar surface area (TPSA) is 49.8 Å². The van der Waals surface area contributed by atoms with Crippen LogP contribution in [0.4, 0.5) is 11.8 Å². The Morgan fingerprint density at radius 2 is 2.26 bits per heavy atom. The fourth-order valence-corrected chi connectivity index (χ4v) is 3.93. The zero-order valence-electron chi connectivity index (χ0n) is 11.9. The highest BCUT2D eigenvalue weighted by atomic mass is 15.1. The van der Waals surface area contributed by atoms with Gasteiger partial charge in [0.1, 0.15) is 5.82 Å². The van der Waals surface area contributed by atoms with Crippen LogP contribution in [0.1, 0.15) is 39.5 Å². The van der Waals surface area contributed by atoms with E-state index < -0.39 is 0 Å². The van der Waals surface area contributed by atoms with Crippen LogP contribution < -0.4 is 10.6 Å². The van der Waals surface area contributed by atoms with E-state index in [0.29, 0.717) is 12.0 Å². The molecule has 0 amide bonds. The minimum atomic E-state index is 0.514. The lowest BCUT2D eigenvalue weighted by atomic mass is 9.84. The molecule has 4 heteroatoms. The molecule has 1 aromatic heterocycles. The van der Waals surface area contributed by atoms with Crippen LogP contribution in [0.2, 0.25) is 0 Å². The summed E-state index contributed by atoms with van der Waals surface area (Å²) in [6.45, 7) is 5.22. The second-order valence-corrected chi connectivity index (χ2v) is 6.07. The minimum absolute atomic E-state index is 0.514. The van der Waals surface area contributed by atoms with E-state index in [1.54, 1.807) is 0 Å². The number of nitrogens with one attached hydrogen (secondary N) is 2. The SMILES string of the molecule is CCNc1nccc(NC(C)C2CC3CCC2C3)n1. The highest BCUT2D eigenvalue weighted by molar-refractivity contribution is 5.40. The van der Waals surface area contributed by atoms with Gasteiger partial charge in [-0.05, 0) is 56.9 Å². The number of anilines is 2. The third kappa shape index (κ3) is 2.67. The molecule has 0 saturated heterocycles. The van der Waals surface area contributed by atoms with Crippen LogP contribution in [0.15, 0.2) is 12.3 Å². The van der Waals surface area contributed by atoms with Gasteiger partial charge in [0.05, 0.1) is 0 Å². The van der Waals surface area contributed by atoms with Crippen LogP contribution in [0.5, 0.6) is 0 Å². The van der Waals surface area contributed by atoms with Gasteiger partial charge in [-0.3, -0.25) is 0 Å². The maximum atomic E-state index is 4.50. The molecule has 2 saturated carbocycles. The van der Waals surface area contributed by atoms with E-state index in [2.05, 4.69) is 34.4 Å². The number of fused-ring (bicyclic) bond motifs is 2. The molecule has 104 valence electrons. The fraction of sp³-hybridized carbons (Fsp3) is 0.733. The van der Waals surface area contributed by atoms with Crippen molar-refractivity contribution < 1.29 is 0 Å². The predicted molar refractivity (Wildman–Crippen MR) is 78.2 cm³/mol. The molecule has 4 atom stereocenters. The average Bonchev–Trinajstić information content (AvgIpc) is 3.02. The summed E-state index contributed by atoms with van der Waals surface area (Å²) in [5.41, 5.74) is 0. The van der Waals surface area contributed by atoms with Crippen LogP contribution in [-0.4, -0.2) is 22.6 Å². The summed E-state index contributed by atoms with van der Waals surface area (Å²) in [6, 6.07) is 2.48. The van der Waals surface area contributed by atoms with Gasteiger partial charge in [0.2, 0.25) is 5.95 Å². The van der Waals surface area contributed by atoms with Gasteiger partial charge in [-0.1, -0.05) is 6.42 Å². The third-order valence-corrected chi connectivity index (χ3v) is 4.80. The van der Waals surface area contributed by atoms with Crippen molar-refractivity contribution in [1.82, 2.24) is 9.97 Å². The molecule has 19 heavy (non-hydrogen) atoms. The largest absolute Gasteiger partial charge is 0.367 e. The van der Waals surface area contributed by atoms with Crippen LogP contribution in [0.25, 0.3) is 0 Å². The molecule has 1 heterocycles. The monoisotopic (exact) mass is 260 g/mol. The van der Waals surface area contributed by atoms with Crippen LogP contribution >= 0.6 is 0 Å². The maximum Gasteiger partial charge on any atom is 0.224 e. The molecule has 2 bridgehead atoms. The molecule has 4 unspecified atom stereocenters. The van der Waals surface area contributed by atoms with Crippen molar-refractivity contribution in [1.29, 1.82) is 0 Å². The van der Waals surface area contributed by atoms with Gasteiger partial charge in [-0.25, -0.2) is 4.98 Å². The first kappa shape index (κ1) is 12.7. The van der Waals surface area contributed by atoms with E-state index in [0.717, 1.165) is 30.1 Å². The summed E-state index contributed by atoms with van der Waals surface area (Å²) in [7, 11) is 0. The molecule has 1 aromatic rings. The first-order valence-corrected chi connectivity index (χ1v) is 7.59. The number of rotatable bonds is 5. The molecule has 0 radical (unpaired) electrons. The smallest absolute Gasteiger partial charge is 0.224 e. The molecule has 4 nitrogen and oxygen atoms in total. The van der Waals surface area contributed by atoms with Crippen molar-refractivity contribution >= 4 is 11.8 Å². The Morgan fingerprint density at radius 1 is 1.37 bits per heavy atom. The van der Waals surface area contributed by atoms with Crippen molar-refractivity contribution in [3.63, 3.8) is 0 Å². The molecule has 0 aliphatic heterocycles. The van der Waals surface area contributed by atoms with Crippen LogP contribution in [0.3, 0.4) is 0 Å². The molecule has 2 N–H and O–H groups in total. The Labute approximate surface area is 115 Å². The summed E-state index contributed by atoms with van der Waals surface area (Å²) >= 11 is 0. The zero-order valence-corrected chi connectivity index (χ0v) is 11.9. The Kier molecular flexibility index (Phi) is 3.58. The van der Waals surface area contributed by atoms with E-state index in [1.807, 2.05) is 12.3 Å². The van der Waals surface area contributed by atoms with Crippen molar-refractivity contribution in [2.75, 3.05) is 17.2 Å². The number of hydrogen-bond donors (Lipinski definition) is 2. The molecule has 0 aromatic carbocycles. The quantitative estimate of drug-likeness (QED) is 0.854. The van der Waals surface area contributed by atoms with Gasteiger partial charge < -0.3 is 10.6 Å².